The molecule has 0 saturated carbocycles. The summed E-state index contributed by atoms with van der Waals surface area (Å²) in [6.45, 7) is 20.1. The summed E-state index contributed by atoms with van der Waals surface area (Å²) < 4.78 is 25.2. The summed E-state index contributed by atoms with van der Waals surface area (Å²) in [7, 11) is 5.96. The Morgan fingerprint density at radius 2 is 1.19 bits per heavy atom. The SMILES string of the molecule is COc1c(OCCCCN2CCN(C)CC2)cc2oc3cc(OCCCCN4CCN(C)CC4)c(CC=C(C)C)c(O)c3c(=O)c2c1CC=C(C)C. The van der Waals surface area contributed by atoms with E-state index in [9.17, 15) is 9.90 Å². The van der Waals surface area contributed by atoms with E-state index in [1.807, 2.05) is 33.8 Å². The predicted octanol–water partition coefficient (Wildman–Crippen LogP) is 6.49. The van der Waals surface area contributed by atoms with Crippen LogP contribution in [0.4, 0.5) is 0 Å². The van der Waals surface area contributed by atoms with Crippen molar-refractivity contribution >= 4 is 21.9 Å². The number of ether oxygens (including phenoxy) is 3. The molecule has 1 aromatic heterocycles. The molecule has 52 heavy (non-hydrogen) atoms. The van der Waals surface area contributed by atoms with Crippen molar-refractivity contribution in [2.24, 2.45) is 0 Å². The fourth-order valence-corrected chi connectivity index (χ4v) is 7.05. The van der Waals surface area contributed by atoms with Crippen LogP contribution in [0.5, 0.6) is 23.0 Å². The minimum atomic E-state index is -0.292. The number of methoxy groups -OCH3 is 1. The van der Waals surface area contributed by atoms with Crippen molar-refractivity contribution in [3.63, 3.8) is 0 Å². The van der Waals surface area contributed by atoms with E-state index in [0.717, 1.165) is 102 Å². The highest BCUT2D eigenvalue weighted by Crippen LogP contribution is 2.42. The first-order chi connectivity index (χ1) is 25.0. The molecule has 286 valence electrons. The molecule has 2 fully saturated rings. The number of rotatable bonds is 17. The van der Waals surface area contributed by atoms with Crippen LogP contribution in [0, 0.1) is 0 Å². The van der Waals surface area contributed by atoms with Crippen molar-refractivity contribution in [3.05, 3.63) is 56.8 Å². The smallest absolute Gasteiger partial charge is 0.204 e. The van der Waals surface area contributed by atoms with Gasteiger partial charge in [-0.2, -0.15) is 0 Å². The summed E-state index contributed by atoms with van der Waals surface area (Å²) in [5, 5.41) is 12.3. The van der Waals surface area contributed by atoms with E-state index < -0.39 is 0 Å². The zero-order chi connectivity index (χ0) is 37.2. The number of phenols is 1. The van der Waals surface area contributed by atoms with Gasteiger partial charge >= 0.3 is 0 Å². The van der Waals surface area contributed by atoms with Crippen molar-refractivity contribution in [3.8, 4) is 23.0 Å². The molecule has 5 rings (SSSR count). The van der Waals surface area contributed by atoms with Gasteiger partial charge in [0.2, 0.25) is 5.43 Å². The molecule has 0 radical (unpaired) electrons. The number of aromatic hydroxyl groups is 1. The number of piperazine rings is 2. The van der Waals surface area contributed by atoms with Gasteiger partial charge in [-0.1, -0.05) is 23.3 Å². The van der Waals surface area contributed by atoms with Crippen LogP contribution in [-0.4, -0.2) is 125 Å². The second-order valence-electron chi connectivity index (χ2n) is 15.1. The summed E-state index contributed by atoms with van der Waals surface area (Å²) in [5.74, 6) is 1.53. The van der Waals surface area contributed by atoms with Crippen LogP contribution in [0.3, 0.4) is 0 Å². The van der Waals surface area contributed by atoms with Gasteiger partial charge in [0.25, 0.3) is 0 Å². The third-order valence-corrected chi connectivity index (χ3v) is 10.4. The molecule has 10 heteroatoms. The van der Waals surface area contributed by atoms with Crippen molar-refractivity contribution in [2.45, 2.75) is 66.2 Å². The van der Waals surface area contributed by atoms with Crippen LogP contribution in [-0.2, 0) is 12.8 Å². The molecule has 0 bridgehead atoms. The predicted molar refractivity (Wildman–Crippen MR) is 212 cm³/mol. The Hall–Kier alpha value is -3.57. The van der Waals surface area contributed by atoms with Crippen molar-refractivity contribution in [1.82, 2.24) is 19.6 Å². The van der Waals surface area contributed by atoms with Crippen molar-refractivity contribution in [2.75, 3.05) is 99.9 Å². The maximum absolute atomic E-state index is 14.5. The van der Waals surface area contributed by atoms with E-state index in [4.69, 9.17) is 18.6 Å². The van der Waals surface area contributed by atoms with E-state index >= 15 is 0 Å². The number of nitrogens with zero attached hydrogens (tertiary/aromatic N) is 4. The molecule has 0 atom stereocenters. The molecule has 0 unspecified atom stereocenters. The summed E-state index contributed by atoms with van der Waals surface area (Å²) in [6.07, 6.45) is 8.87. The zero-order valence-corrected chi connectivity index (χ0v) is 32.8. The molecular formula is C42H62N4O6. The molecule has 2 aliphatic rings. The van der Waals surface area contributed by atoms with Gasteiger partial charge in [0, 0.05) is 75.6 Å². The Labute approximate surface area is 310 Å². The molecule has 1 N–H and O–H groups in total. The summed E-state index contributed by atoms with van der Waals surface area (Å²) >= 11 is 0. The van der Waals surface area contributed by atoms with Crippen LogP contribution >= 0.6 is 0 Å². The Morgan fingerprint density at radius 1 is 0.712 bits per heavy atom. The minimum absolute atomic E-state index is 0.0918. The lowest BCUT2D eigenvalue weighted by molar-refractivity contribution is 0.149. The third-order valence-electron chi connectivity index (χ3n) is 10.4. The van der Waals surface area contributed by atoms with Gasteiger partial charge in [0.1, 0.15) is 28.1 Å². The molecule has 3 aromatic rings. The van der Waals surface area contributed by atoms with E-state index in [-0.39, 0.29) is 16.6 Å². The molecule has 0 aliphatic carbocycles. The van der Waals surface area contributed by atoms with Crippen LogP contribution in [0.25, 0.3) is 21.9 Å². The number of hydrogen-bond donors (Lipinski definition) is 1. The van der Waals surface area contributed by atoms with Crippen LogP contribution in [0.1, 0.15) is 64.5 Å². The molecule has 3 heterocycles. The van der Waals surface area contributed by atoms with E-state index in [2.05, 4.69) is 39.8 Å². The average molecular weight is 719 g/mol. The fraction of sp³-hybridized carbons (Fsp3) is 0.595. The second kappa shape index (κ2) is 19.0. The fourth-order valence-electron chi connectivity index (χ4n) is 7.05. The summed E-state index contributed by atoms with van der Waals surface area (Å²) in [5.41, 5.74) is 3.91. The first-order valence-electron chi connectivity index (χ1n) is 19.2. The standard InChI is InChI=1S/C42H62N4O6/c1-30(2)12-14-32-34(50-26-10-8-16-45-22-18-43(5)19-23-45)28-36-39(40(32)47)41(48)38-33(15-13-31(3)4)42(49-7)37(29-35(38)52-36)51-27-11-9-17-46-24-20-44(6)21-25-46/h12-13,28-29,47H,8-11,14-27H2,1-7H3. The highest BCUT2D eigenvalue weighted by atomic mass is 16.5. The molecule has 0 spiro atoms. The summed E-state index contributed by atoms with van der Waals surface area (Å²) in [6, 6.07) is 3.55. The molecule has 0 amide bonds. The molecule has 2 aliphatic heterocycles. The van der Waals surface area contributed by atoms with Gasteiger partial charge in [0.15, 0.2) is 11.5 Å². The number of likely N-dealkylation sites (N-methyl/N-ethyl adjacent to an activating group) is 2. The van der Waals surface area contributed by atoms with Crippen molar-refractivity contribution < 1.29 is 23.7 Å². The number of unbranched alkanes of at least 4 members (excludes halogenated alkanes) is 2. The van der Waals surface area contributed by atoms with Gasteiger partial charge in [-0.25, -0.2) is 0 Å². The zero-order valence-electron chi connectivity index (χ0n) is 32.8. The number of phenolic OH excluding ortho intramolecular Hbond substituents is 1. The Kier molecular flexibility index (Phi) is 14.5. The lowest BCUT2D eigenvalue weighted by atomic mass is 9.98. The minimum Gasteiger partial charge on any atom is -0.507 e. The highest BCUT2D eigenvalue weighted by molar-refractivity contribution is 5.98. The number of hydrogen-bond acceptors (Lipinski definition) is 10. The first-order valence-corrected chi connectivity index (χ1v) is 19.2. The Morgan fingerprint density at radius 3 is 1.71 bits per heavy atom. The molecular weight excluding hydrogens is 656 g/mol. The number of allylic oxidation sites excluding steroid dienone is 4. The number of benzene rings is 2. The van der Waals surface area contributed by atoms with Crippen molar-refractivity contribution in [1.29, 1.82) is 0 Å². The van der Waals surface area contributed by atoms with Crippen LogP contribution in [0.2, 0.25) is 0 Å². The molecule has 2 saturated heterocycles. The maximum atomic E-state index is 14.5. The largest absolute Gasteiger partial charge is 0.507 e. The van der Waals surface area contributed by atoms with Gasteiger partial charge < -0.3 is 43.3 Å². The van der Waals surface area contributed by atoms with E-state index in [0.29, 0.717) is 71.0 Å². The molecule has 10 nitrogen and oxygen atoms in total. The Bertz CT molecular complexity index is 1760. The van der Waals surface area contributed by atoms with E-state index in [1.165, 1.54) is 0 Å². The van der Waals surface area contributed by atoms with Gasteiger partial charge in [0.05, 0.1) is 25.7 Å². The third kappa shape index (κ3) is 10.3. The second-order valence-corrected chi connectivity index (χ2v) is 15.1. The van der Waals surface area contributed by atoms with Gasteiger partial charge in [-0.05, 0) is 93.4 Å². The first kappa shape index (κ1) is 39.6. The lowest BCUT2D eigenvalue weighted by Gasteiger charge is -2.32. The average Bonchev–Trinajstić information content (AvgIpc) is 3.11. The summed E-state index contributed by atoms with van der Waals surface area (Å²) in [4.78, 5) is 24.2. The van der Waals surface area contributed by atoms with Crippen LogP contribution < -0.4 is 19.6 Å². The van der Waals surface area contributed by atoms with Crippen LogP contribution in [0.15, 0.2) is 44.6 Å². The molecule has 2 aromatic carbocycles. The quantitative estimate of drug-likeness (QED) is 0.0950. The highest BCUT2D eigenvalue weighted by Gasteiger charge is 2.25. The monoisotopic (exact) mass is 718 g/mol. The lowest BCUT2D eigenvalue weighted by Crippen LogP contribution is -2.44. The number of fused-ring (bicyclic) bond motifs is 2. The Balaban J connectivity index is 1.43. The maximum Gasteiger partial charge on any atom is 0.204 e. The topological polar surface area (TPSA) is 91.1 Å². The van der Waals surface area contributed by atoms with E-state index in [1.54, 1.807) is 19.2 Å². The normalized spacial score (nSPS) is 16.4. The van der Waals surface area contributed by atoms with Gasteiger partial charge in [-0.3, -0.25) is 4.79 Å². The van der Waals surface area contributed by atoms with Gasteiger partial charge in [-0.15, -0.1) is 0 Å².